The highest BCUT2D eigenvalue weighted by Crippen LogP contribution is 2.20. The van der Waals surface area contributed by atoms with Gasteiger partial charge in [0.15, 0.2) is 5.96 Å². The SMILES string of the molecule is CCNC(=NCCC(=O)N(C)C)N1CC(C)CC(C)C1.I. The Kier molecular flexibility index (Phi) is 9.98. The van der Waals surface area contributed by atoms with E-state index in [1.54, 1.807) is 19.0 Å². The van der Waals surface area contributed by atoms with Crippen LogP contribution in [0.3, 0.4) is 0 Å². The third-order valence-corrected chi connectivity index (χ3v) is 3.59. The molecule has 0 spiro atoms. The van der Waals surface area contributed by atoms with Crippen molar-refractivity contribution in [2.75, 3.05) is 40.3 Å². The van der Waals surface area contributed by atoms with Crippen molar-refractivity contribution < 1.29 is 4.79 Å². The van der Waals surface area contributed by atoms with Gasteiger partial charge in [-0.15, -0.1) is 24.0 Å². The zero-order chi connectivity index (χ0) is 15.1. The molecule has 0 aromatic heterocycles. The van der Waals surface area contributed by atoms with Gasteiger partial charge in [-0.2, -0.15) is 0 Å². The zero-order valence-corrected chi connectivity index (χ0v) is 16.4. The number of rotatable bonds is 4. The molecule has 0 radical (unpaired) electrons. The maximum atomic E-state index is 11.6. The summed E-state index contributed by atoms with van der Waals surface area (Å²) in [6, 6.07) is 0. The summed E-state index contributed by atoms with van der Waals surface area (Å²) in [6.45, 7) is 10.2. The zero-order valence-electron chi connectivity index (χ0n) is 14.1. The number of likely N-dealkylation sites (tertiary alicyclic amines) is 1. The molecule has 1 aliphatic heterocycles. The van der Waals surface area contributed by atoms with Gasteiger partial charge in [0.05, 0.1) is 6.54 Å². The summed E-state index contributed by atoms with van der Waals surface area (Å²) < 4.78 is 0. The van der Waals surface area contributed by atoms with Crippen molar-refractivity contribution in [2.45, 2.75) is 33.6 Å². The number of carbonyl (C=O) groups excluding carboxylic acids is 1. The Balaban J connectivity index is 0.00000400. The first-order valence-corrected chi connectivity index (χ1v) is 7.67. The smallest absolute Gasteiger partial charge is 0.223 e. The lowest BCUT2D eigenvalue weighted by Crippen LogP contribution is -2.48. The Hall–Kier alpha value is -0.530. The van der Waals surface area contributed by atoms with Crippen LogP contribution in [0.5, 0.6) is 0 Å². The van der Waals surface area contributed by atoms with Gasteiger partial charge < -0.3 is 15.1 Å². The summed E-state index contributed by atoms with van der Waals surface area (Å²) in [5.74, 6) is 2.49. The van der Waals surface area contributed by atoms with Crippen molar-refractivity contribution in [3.8, 4) is 0 Å². The van der Waals surface area contributed by atoms with Crippen LogP contribution in [0.2, 0.25) is 0 Å². The summed E-state index contributed by atoms with van der Waals surface area (Å²) in [5, 5.41) is 3.35. The first kappa shape index (κ1) is 20.5. The molecule has 1 heterocycles. The number of nitrogens with one attached hydrogen (secondary N) is 1. The molecule has 124 valence electrons. The van der Waals surface area contributed by atoms with Crippen molar-refractivity contribution in [1.29, 1.82) is 0 Å². The van der Waals surface area contributed by atoms with Crippen LogP contribution in [0.4, 0.5) is 0 Å². The summed E-state index contributed by atoms with van der Waals surface area (Å²) in [7, 11) is 3.57. The van der Waals surface area contributed by atoms with E-state index in [0.29, 0.717) is 24.8 Å². The third-order valence-electron chi connectivity index (χ3n) is 3.59. The van der Waals surface area contributed by atoms with E-state index in [2.05, 4.69) is 36.0 Å². The Bertz CT molecular complexity index is 337. The Morgan fingerprint density at radius 1 is 1.29 bits per heavy atom. The minimum Gasteiger partial charge on any atom is -0.357 e. The van der Waals surface area contributed by atoms with Crippen molar-refractivity contribution in [1.82, 2.24) is 15.1 Å². The molecule has 1 saturated heterocycles. The maximum absolute atomic E-state index is 11.6. The molecule has 1 amide bonds. The van der Waals surface area contributed by atoms with E-state index in [-0.39, 0.29) is 29.9 Å². The second kappa shape index (κ2) is 10.2. The summed E-state index contributed by atoms with van der Waals surface area (Å²) in [4.78, 5) is 20.2. The van der Waals surface area contributed by atoms with E-state index in [0.717, 1.165) is 25.6 Å². The summed E-state index contributed by atoms with van der Waals surface area (Å²) >= 11 is 0. The number of halogens is 1. The number of hydrogen-bond donors (Lipinski definition) is 1. The summed E-state index contributed by atoms with van der Waals surface area (Å²) in [6.07, 6.45) is 1.76. The molecule has 0 bridgehead atoms. The average Bonchev–Trinajstić information content (AvgIpc) is 2.36. The third kappa shape index (κ3) is 7.33. The van der Waals surface area contributed by atoms with Gasteiger partial charge in [-0.05, 0) is 25.2 Å². The van der Waals surface area contributed by atoms with Crippen molar-refractivity contribution in [3.05, 3.63) is 0 Å². The van der Waals surface area contributed by atoms with Crippen LogP contribution in [0.15, 0.2) is 4.99 Å². The quantitative estimate of drug-likeness (QED) is 0.438. The molecule has 0 aromatic carbocycles. The molecule has 5 nitrogen and oxygen atoms in total. The molecule has 0 aliphatic carbocycles. The van der Waals surface area contributed by atoms with E-state index in [1.807, 2.05) is 0 Å². The molecule has 0 saturated carbocycles. The van der Waals surface area contributed by atoms with Gasteiger partial charge >= 0.3 is 0 Å². The molecule has 2 atom stereocenters. The molecule has 1 fully saturated rings. The highest BCUT2D eigenvalue weighted by molar-refractivity contribution is 14.0. The number of carbonyl (C=O) groups is 1. The normalized spacial score (nSPS) is 22.5. The van der Waals surface area contributed by atoms with Gasteiger partial charge in [0.1, 0.15) is 0 Å². The lowest BCUT2D eigenvalue weighted by Gasteiger charge is -2.37. The molecule has 21 heavy (non-hydrogen) atoms. The maximum Gasteiger partial charge on any atom is 0.223 e. The largest absolute Gasteiger partial charge is 0.357 e. The Morgan fingerprint density at radius 2 is 1.86 bits per heavy atom. The molecule has 2 unspecified atom stereocenters. The van der Waals surface area contributed by atoms with Gasteiger partial charge in [-0.1, -0.05) is 13.8 Å². The van der Waals surface area contributed by atoms with Crippen LogP contribution in [-0.4, -0.2) is 61.9 Å². The monoisotopic (exact) mass is 410 g/mol. The van der Waals surface area contributed by atoms with Crippen molar-refractivity contribution in [2.24, 2.45) is 16.8 Å². The van der Waals surface area contributed by atoms with E-state index in [9.17, 15) is 4.79 Å². The van der Waals surface area contributed by atoms with E-state index >= 15 is 0 Å². The standard InChI is InChI=1S/C15H30N4O.HI/c1-6-16-15(17-8-7-14(20)18(4)5)19-10-12(2)9-13(3)11-19;/h12-13H,6-11H2,1-5H3,(H,16,17);1H. The number of amides is 1. The Morgan fingerprint density at radius 3 is 2.33 bits per heavy atom. The van der Waals surface area contributed by atoms with Crippen molar-refractivity contribution in [3.63, 3.8) is 0 Å². The van der Waals surface area contributed by atoms with Gasteiger partial charge in [-0.25, -0.2) is 0 Å². The van der Waals surface area contributed by atoms with Crippen LogP contribution in [0.25, 0.3) is 0 Å². The van der Waals surface area contributed by atoms with Crippen LogP contribution < -0.4 is 5.32 Å². The molecule has 1 N–H and O–H groups in total. The van der Waals surface area contributed by atoms with Gasteiger partial charge in [0.25, 0.3) is 0 Å². The van der Waals surface area contributed by atoms with Crippen LogP contribution in [0, 0.1) is 11.8 Å². The highest BCUT2D eigenvalue weighted by atomic mass is 127. The topological polar surface area (TPSA) is 47.9 Å². The average molecular weight is 410 g/mol. The van der Waals surface area contributed by atoms with E-state index in [1.165, 1.54) is 6.42 Å². The predicted molar refractivity (Wildman–Crippen MR) is 99.2 cm³/mol. The number of aliphatic imine (C=N–C) groups is 1. The lowest BCUT2D eigenvalue weighted by atomic mass is 9.92. The van der Waals surface area contributed by atoms with Crippen LogP contribution in [-0.2, 0) is 4.79 Å². The number of hydrogen-bond acceptors (Lipinski definition) is 2. The number of nitrogens with zero attached hydrogens (tertiary/aromatic N) is 3. The molecular formula is C15H31IN4O. The second-order valence-corrected chi connectivity index (χ2v) is 6.12. The number of guanidine groups is 1. The van der Waals surface area contributed by atoms with Gasteiger partial charge in [0.2, 0.25) is 5.91 Å². The van der Waals surface area contributed by atoms with Crippen molar-refractivity contribution >= 4 is 35.8 Å². The van der Waals surface area contributed by atoms with E-state index < -0.39 is 0 Å². The van der Waals surface area contributed by atoms with Gasteiger partial charge in [-0.3, -0.25) is 9.79 Å². The molecule has 1 rings (SSSR count). The highest BCUT2D eigenvalue weighted by Gasteiger charge is 2.23. The molecular weight excluding hydrogens is 379 g/mol. The van der Waals surface area contributed by atoms with Crippen LogP contribution in [0.1, 0.15) is 33.6 Å². The van der Waals surface area contributed by atoms with Crippen LogP contribution >= 0.6 is 24.0 Å². The second-order valence-electron chi connectivity index (χ2n) is 6.12. The first-order chi connectivity index (χ1) is 9.43. The lowest BCUT2D eigenvalue weighted by molar-refractivity contribution is -0.128. The predicted octanol–water partition coefficient (Wildman–Crippen LogP) is 2.03. The fourth-order valence-corrected chi connectivity index (χ4v) is 2.74. The number of piperidine rings is 1. The minimum atomic E-state index is 0. The fourth-order valence-electron chi connectivity index (χ4n) is 2.74. The molecule has 0 aromatic rings. The Labute approximate surface area is 146 Å². The fraction of sp³-hybridized carbons (Fsp3) is 0.867. The van der Waals surface area contributed by atoms with E-state index in [4.69, 9.17) is 0 Å². The molecule has 6 heteroatoms. The molecule has 1 aliphatic rings. The minimum absolute atomic E-state index is 0. The first-order valence-electron chi connectivity index (χ1n) is 7.67. The van der Waals surface area contributed by atoms with Gasteiger partial charge in [0, 0.05) is 40.2 Å². The summed E-state index contributed by atoms with van der Waals surface area (Å²) in [5.41, 5.74) is 0.